The van der Waals surface area contributed by atoms with Crippen LogP contribution in [-0.2, 0) is 6.54 Å². The van der Waals surface area contributed by atoms with Crippen molar-refractivity contribution >= 4 is 45.8 Å². The minimum atomic E-state index is -0.159. The smallest absolute Gasteiger partial charge is 0.178 e. The van der Waals surface area contributed by atoms with Crippen molar-refractivity contribution in [2.24, 2.45) is 17.8 Å². The highest BCUT2D eigenvalue weighted by Crippen LogP contribution is 2.49. The molecule has 3 unspecified atom stereocenters. The fourth-order valence-corrected chi connectivity index (χ4v) is 4.92. The first-order valence-electron chi connectivity index (χ1n) is 7.19. The third-order valence-electron chi connectivity index (χ3n) is 5.12. The van der Waals surface area contributed by atoms with Gasteiger partial charge in [-0.25, -0.2) is 4.39 Å². The van der Waals surface area contributed by atoms with Crippen LogP contribution in [0.4, 0.5) is 4.39 Å². The van der Waals surface area contributed by atoms with Gasteiger partial charge in [0.15, 0.2) is 4.77 Å². The normalized spacial score (nSPS) is 28.6. The van der Waals surface area contributed by atoms with Gasteiger partial charge in [0.05, 0.1) is 14.6 Å². The van der Waals surface area contributed by atoms with Gasteiger partial charge in [0.1, 0.15) is 5.82 Å². The van der Waals surface area contributed by atoms with E-state index in [0.717, 1.165) is 40.1 Å². The van der Waals surface area contributed by atoms with Crippen molar-refractivity contribution < 1.29 is 4.39 Å². The van der Waals surface area contributed by atoms with E-state index in [4.69, 9.17) is 12.2 Å². The summed E-state index contributed by atoms with van der Waals surface area (Å²) in [5.41, 5.74) is 1.86. The van der Waals surface area contributed by atoms with Gasteiger partial charge in [0.2, 0.25) is 0 Å². The second-order valence-electron chi connectivity index (χ2n) is 6.26. The van der Waals surface area contributed by atoms with Crippen LogP contribution >= 0.6 is 34.8 Å². The average Bonchev–Trinajstić information content (AvgIpc) is 3.08. The molecule has 1 aromatic carbocycles. The van der Waals surface area contributed by atoms with E-state index in [0.29, 0.717) is 3.57 Å². The van der Waals surface area contributed by atoms with Crippen LogP contribution in [-0.4, -0.2) is 9.55 Å². The largest absolute Gasteiger partial charge is 0.331 e. The van der Waals surface area contributed by atoms with Gasteiger partial charge in [-0.15, -0.1) is 0 Å². The Morgan fingerprint density at radius 3 is 2.90 bits per heavy atom. The number of benzene rings is 1. The van der Waals surface area contributed by atoms with E-state index in [9.17, 15) is 4.39 Å². The van der Waals surface area contributed by atoms with Gasteiger partial charge in [0, 0.05) is 12.6 Å². The summed E-state index contributed by atoms with van der Waals surface area (Å²) < 4.78 is 17.3. The fourth-order valence-electron chi connectivity index (χ4n) is 4.17. The van der Waals surface area contributed by atoms with E-state index < -0.39 is 0 Å². The van der Waals surface area contributed by atoms with Crippen molar-refractivity contribution in [2.45, 2.75) is 32.2 Å². The number of aromatic amines is 1. The summed E-state index contributed by atoms with van der Waals surface area (Å²) >= 11 is 7.46. The van der Waals surface area contributed by atoms with E-state index in [1.165, 1.54) is 25.7 Å². The highest BCUT2D eigenvalue weighted by atomic mass is 127. The molecule has 0 aliphatic heterocycles. The SMILES string of the molecule is Fc1cc2c(cc1I)[nH]c(=S)n2CC1CC2CCC1C2. The quantitative estimate of drug-likeness (QED) is 0.561. The first-order valence-corrected chi connectivity index (χ1v) is 8.68. The number of imidazole rings is 1. The zero-order valence-electron chi connectivity index (χ0n) is 11.0. The van der Waals surface area contributed by atoms with Crippen molar-refractivity contribution in [3.8, 4) is 0 Å². The average molecular weight is 402 g/mol. The molecule has 2 fully saturated rings. The molecule has 2 saturated carbocycles. The van der Waals surface area contributed by atoms with Crippen LogP contribution in [0.1, 0.15) is 25.7 Å². The van der Waals surface area contributed by atoms with Crippen LogP contribution in [0.15, 0.2) is 12.1 Å². The Morgan fingerprint density at radius 1 is 1.35 bits per heavy atom. The molecule has 2 aliphatic carbocycles. The Balaban J connectivity index is 1.74. The van der Waals surface area contributed by atoms with Crippen LogP contribution in [0.25, 0.3) is 11.0 Å². The van der Waals surface area contributed by atoms with Crippen molar-refractivity contribution in [1.29, 1.82) is 0 Å². The predicted octanol–water partition coefficient (Wildman–Crippen LogP) is 4.88. The summed E-state index contributed by atoms with van der Waals surface area (Å²) in [6.07, 6.45) is 5.50. The monoisotopic (exact) mass is 402 g/mol. The number of fused-ring (bicyclic) bond motifs is 3. The highest BCUT2D eigenvalue weighted by molar-refractivity contribution is 14.1. The summed E-state index contributed by atoms with van der Waals surface area (Å²) in [5, 5.41) is 0. The van der Waals surface area contributed by atoms with Gasteiger partial charge in [-0.1, -0.05) is 6.42 Å². The lowest BCUT2D eigenvalue weighted by molar-refractivity contribution is 0.297. The summed E-state index contributed by atoms with van der Waals surface area (Å²) in [4.78, 5) is 3.22. The summed E-state index contributed by atoms with van der Waals surface area (Å²) in [6, 6.07) is 3.47. The molecule has 0 radical (unpaired) electrons. The molecule has 0 saturated heterocycles. The van der Waals surface area contributed by atoms with Gasteiger partial charge in [-0.05, 0) is 77.9 Å². The minimum Gasteiger partial charge on any atom is -0.331 e. The summed E-state index contributed by atoms with van der Waals surface area (Å²) in [7, 11) is 0. The van der Waals surface area contributed by atoms with Crippen molar-refractivity contribution in [2.75, 3.05) is 0 Å². The Kier molecular flexibility index (Phi) is 3.18. The molecule has 4 rings (SSSR count). The van der Waals surface area contributed by atoms with Crippen LogP contribution in [0.3, 0.4) is 0 Å². The first kappa shape index (κ1) is 13.2. The first-order chi connectivity index (χ1) is 9.61. The zero-order chi connectivity index (χ0) is 13.9. The second-order valence-corrected chi connectivity index (χ2v) is 7.81. The Hall–Kier alpha value is -0.430. The molecule has 0 amide bonds. The number of nitrogens with zero attached hydrogens (tertiary/aromatic N) is 1. The molecule has 1 aromatic heterocycles. The van der Waals surface area contributed by atoms with Gasteiger partial charge in [0.25, 0.3) is 0 Å². The molecule has 2 nitrogen and oxygen atoms in total. The molecule has 0 spiro atoms. The fraction of sp³-hybridized carbons (Fsp3) is 0.533. The van der Waals surface area contributed by atoms with Crippen molar-refractivity contribution in [1.82, 2.24) is 9.55 Å². The third-order valence-corrected chi connectivity index (χ3v) is 6.27. The zero-order valence-corrected chi connectivity index (χ0v) is 14.0. The molecule has 2 aromatic rings. The van der Waals surface area contributed by atoms with Crippen molar-refractivity contribution in [3.05, 3.63) is 26.3 Å². The standard InChI is InChI=1S/C15H16FIN2S/c16-11-5-14-13(6-12(11)17)18-15(20)19(14)7-10-4-8-1-2-9(10)3-8/h5-6,8-10H,1-4,7H2,(H,18,20). The van der Waals surface area contributed by atoms with E-state index in [1.807, 2.05) is 28.7 Å². The molecular formula is C15H16FIN2S. The number of aromatic nitrogens is 2. The van der Waals surface area contributed by atoms with Gasteiger partial charge in [-0.3, -0.25) is 0 Å². The molecule has 1 heterocycles. The molecule has 20 heavy (non-hydrogen) atoms. The molecule has 106 valence electrons. The molecule has 1 N–H and O–H groups in total. The molecule has 2 bridgehead atoms. The Labute approximate surface area is 135 Å². The minimum absolute atomic E-state index is 0.159. The van der Waals surface area contributed by atoms with Crippen LogP contribution in [0, 0.1) is 31.9 Å². The molecule has 3 atom stereocenters. The van der Waals surface area contributed by atoms with E-state index >= 15 is 0 Å². The number of rotatable bonds is 2. The predicted molar refractivity (Wildman–Crippen MR) is 88.7 cm³/mol. The maximum Gasteiger partial charge on any atom is 0.178 e. The number of hydrogen-bond acceptors (Lipinski definition) is 1. The van der Waals surface area contributed by atoms with E-state index in [2.05, 4.69) is 9.55 Å². The van der Waals surface area contributed by atoms with E-state index in [1.54, 1.807) is 6.07 Å². The number of H-pyrrole nitrogens is 1. The second kappa shape index (κ2) is 4.80. The van der Waals surface area contributed by atoms with Crippen molar-refractivity contribution in [3.63, 3.8) is 0 Å². The van der Waals surface area contributed by atoms with Gasteiger partial charge in [-0.2, -0.15) is 0 Å². The van der Waals surface area contributed by atoms with Gasteiger partial charge >= 0.3 is 0 Å². The van der Waals surface area contributed by atoms with E-state index in [-0.39, 0.29) is 5.82 Å². The number of halogens is 2. The summed E-state index contributed by atoms with van der Waals surface area (Å²) in [6.45, 7) is 0.944. The number of hydrogen-bond donors (Lipinski definition) is 1. The lowest BCUT2D eigenvalue weighted by atomic mass is 9.89. The van der Waals surface area contributed by atoms with Gasteiger partial charge < -0.3 is 9.55 Å². The third kappa shape index (κ3) is 2.04. The molecular weight excluding hydrogens is 386 g/mol. The maximum absolute atomic E-state index is 13.8. The molecule has 5 heteroatoms. The summed E-state index contributed by atoms with van der Waals surface area (Å²) in [5.74, 6) is 2.36. The van der Waals surface area contributed by atoms with Crippen LogP contribution in [0.2, 0.25) is 0 Å². The molecule has 2 aliphatic rings. The highest BCUT2D eigenvalue weighted by Gasteiger charge is 2.39. The lowest BCUT2D eigenvalue weighted by Gasteiger charge is -2.22. The lowest BCUT2D eigenvalue weighted by Crippen LogP contribution is -2.17. The van der Waals surface area contributed by atoms with Crippen LogP contribution < -0.4 is 0 Å². The topological polar surface area (TPSA) is 20.7 Å². The Morgan fingerprint density at radius 2 is 2.20 bits per heavy atom. The maximum atomic E-state index is 13.8. The van der Waals surface area contributed by atoms with Crippen LogP contribution in [0.5, 0.6) is 0 Å². The Bertz CT molecular complexity index is 735. The number of nitrogens with one attached hydrogen (secondary N) is 1.